The van der Waals surface area contributed by atoms with Gasteiger partial charge in [-0.3, -0.25) is 0 Å². The summed E-state index contributed by atoms with van der Waals surface area (Å²) in [6, 6.07) is 0. The van der Waals surface area contributed by atoms with Crippen molar-refractivity contribution in [3.8, 4) is 0 Å². The number of tetrazole rings is 2. The maximum atomic E-state index is 3.77. The van der Waals surface area contributed by atoms with Crippen molar-refractivity contribution in [2.75, 3.05) is 0 Å². The van der Waals surface area contributed by atoms with Gasteiger partial charge in [-0.2, -0.15) is 0 Å². The average molecular weight is 265 g/mol. The normalized spacial score (nSPS) is 10.5. The van der Waals surface area contributed by atoms with Crippen molar-refractivity contribution in [1.29, 1.82) is 0 Å². The van der Waals surface area contributed by atoms with E-state index in [9.17, 15) is 0 Å². The SMILES string of the molecule is n1nc([I-]c2nn[nH]n2)n[nH]1. The Morgan fingerprint density at radius 3 is 1.82 bits per heavy atom. The number of aromatic nitrogens is 8. The molecular weight excluding hydrogens is 263 g/mol. The van der Waals surface area contributed by atoms with E-state index in [0.717, 1.165) is 0 Å². The molecule has 11 heavy (non-hydrogen) atoms. The third-order valence-electron chi connectivity index (χ3n) is 0.808. The molecule has 0 atom stereocenters. The standard InChI is InChI=1S/C2H2IN8/c3(1-4-8-9-5-1)2-6-10-11-7-2/h(H,4,5,8,9)(H,6,7,10,11)/q-1. The molecule has 0 saturated carbocycles. The van der Waals surface area contributed by atoms with Gasteiger partial charge in [-0.15, -0.1) is 0 Å². The summed E-state index contributed by atoms with van der Waals surface area (Å²) in [6.45, 7) is 0. The Balaban J connectivity index is 2.14. The van der Waals surface area contributed by atoms with Crippen LogP contribution in [0, 0.1) is 7.66 Å². The zero-order valence-corrected chi connectivity index (χ0v) is 7.22. The second-order valence-electron chi connectivity index (χ2n) is 1.46. The van der Waals surface area contributed by atoms with Gasteiger partial charge < -0.3 is 0 Å². The van der Waals surface area contributed by atoms with E-state index < -0.39 is 21.2 Å². The van der Waals surface area contributed by atoms with Crippen LogP contribution in [0.2, 0.25) is 0 Å². The van der Waals surface area contributed by atoms with Crippen LogP contribution in [0.25, 0.3) is 0 Å². The number of nitrogens with zero attached hydrogens (tertiary/aromatic N) is 6. The number of nitrogens with one attached hydrogen (secondary N) is 2. The molecule has 0 saturated heterocycles. The Hall–Kier alpha value is -1.13. The first-order chi connectivity index (χ1) is 5.45. The van der Waals surface area contributed by atoms with Crippen LogP contribution < -0.4 is 21.2 Å². The molecule has 8 nitrogen and oxygen atoms in total. The van der Waals surface area contributed by atoms with Crippen LogP contribution in [-0.4, -0.2) is 41.2 Å². The molecule has 0 aliphatic heterocycles. The molecule has 0 fully saturated rings. The molecular formula is C2H2IN8-. The predicted molar refractivity (Wildman–Crippen MR) is 25.7 cm³/mol. The fourth-order valence-corrected chi connectivity index (χ4v) is 1.77. The molecule has 0 aliphatic carbocycles. The van der Waals surface area contributed by atoms with E-state index in [0.29, 0.717) is 7.66 Å². The van der Waals surface area contributed by atoms with E-state index >= 15 is 0 Å². The molecule has 9 heteroatoms. The van der Waals surface area contributed by atoms with Gasteiger partial charge in [0.15, 0.2) is 0 Å². The van der Waals surface area contributed by atoms with Gasteiger partial charge >= 0.3 is 70.1 Å². The monoisotopic (exact) mass is 265 g/mol. The molecule has 2 heterocycles. The summed E-state index contributed by atoms with van der Waals surface area (Å²) in [5.41, 5.74) is 0. The van der Waals surface area contributed by atoms with Gasteiger partial charge in [0.05, 0.1) is 0 Å². The second-order valence-corrected chi connectivity index (χ2v) is 3.93. The first-order valence-electron chi connectivity index (χ1n) is 2.57. The van der Waals surface area contributed by atoms with Crippen molar-refractivity contribution in [1.82, 2.24) is 41.2 Å². The molecule has 2 aromatic heterocycles. The van der Waals surface area contributed by atoms with Crippen LogP contribution in [0.5, 0.6) is 0 Å². The van der Waals surface area contributed by atoms with Gasteiger partial charge in [0.1, 0.15) is 0 Å². The van der Waals surface area contributed by atoms with Crippen LogP contribution in [0.15, 0.2) is 0 Å². The van der Waals surface area contributed by atoms with Gasteiger partial charge in [-0.1, -0.05) is 0 Å². The number of hydrogen-bond acceptors (Lipinski definition) is 6. The molecule has 0 radical (unpaired) electrons. The van der Waals surface area contributed by atoms with Crippen LogP contribution in [0.1, 0.15) is 0 Å². The minimum atomic E-state index is -0.528. The zero-order valence-electron chi connectivity index (χ0n) is 5.06. The van der Waals surface area contributed by atoms with Crippen molar-refractivity contribution in [3.63, 3.8) is 0 Å². The Morgan fingerprint density at radius 2 is 1.45 bits per heavy atom. The first-order valence-corrected chi connectivity index (χ1v) is 4.72. The van der Waals surface area contributed by atoms with Crippen molar-refractivity contribution < 1.29 is 21.2 Å². The zero-order chi connectivity index (χ0) is 7.52. The third kappa shape index (κ3) is 1.47. The molecule has 0 aromatic carbocycles. The van der Waals surface area contributed by atoms with Crippen LogP contribution >= 0.6 is 0 Å². The summed E-state index contributed by atoms with van der Waals surface area (Å²) >= 11 is -0.528. The van der Waals surface area contributed by atoms with E-state index in [2.05, 4.69) is 41.2 Å². The Kier molecular flexibility index (Phi) is 1.71. The van der Waals surface area contributed by atoms with Crippen molar-refractivity contribution >= 4 is 0 Å². The van der Waals surface area contributed by atoms with Gasteiger partial charge in [0.2, 0.25) is 0 Å². The summed E-state index contributed by atoms with van der Waals surface area (Å²) in [5.74, 6) is 0. The fraction of sp³-hybridized carbons (Fsp3) is 0. The number of H-pyrrole nitrogens is 2. The predicted octanol–water partition coefficient (Wildman–Crippen LogP) is -5.16. The summed E-state index contributed by atoms with van der Waals surface area (Å²) in [4.78, 5) is 0. The summed E-state index contributed by atoms with van der Waals surface area (Å²) in [7, 11) is 0. The average Bonchev–Trinajstić information content (AvgIpc) is 2.60. The van der Waals surface area contributed by atoms with Gasteiger partial charge in [0, 0.05) is 0 Å². The molecule has 0 spiro atoms. The number of hydrogen-bond donors (Lipinski definition) is 2. The first kappa shape index (κ1) is 6.57. The van der Waals surface area contributed by atoms with Crippen LogP contribution in [-0.2, 0) is 0 Å². The molecule has 2 rings (SSSR count). The topological polar surface area (TPSA) is 109 Å². The molecule has 2 aromatic rings. The van der Waals surface area contributed by atoms with Crippen LogP contribution in [0.3, 0.4) is 0 Å². The van der Waals surface area contributed by atoms with E-state index in [4.69, 9.17) is 0 Å². The molecule has 2 N–H and O–H groups in total. The van der Waals surface area contributed by atoms with Crippen molar-refractivity contribution in [3.05, 3.63) is 7.66 Å². The third-order valence-corrected chi connectivity index (χ3v) is 2.69. The fourth-order valence-electron chi connectivity index (χ4n) is 0.455. The van der Waals surface area contributed by atoms with Crippen molar-refractivity contribution in [2.45, 2.75) is 0 Å². The van der Waals surface area contributed by atoms with Gasteiger partial charge in [-0.25, -0.2) is 0 Å². The van der Waals surface area contributed by atoms with E-state index in [1.807, 2.05) is 0 Å². The van der Waals surface area contributed by atoms with E-state index in [1.165, 1.54) is 0 Å². The summed E-state index contributed by atoms with van der Waals surface area (Å²) < 4.78 is 1.32. The Labute approximate surface area is 70.4 Å². The molecule has 0 unspecified atom stereocenters. The molecule has 0 bridgehead atoms. The van der Waals surface area contributed by atoms with Gasteiger partial charge in [0.25, 0.3) is 0 Å². The minimum absolute atomic E-state index is 0.528. The Bertz CT molecular complexity index is 264. The summed E-state index contributed by atoms with van der Waals surface area (Å²) in [6.07, 6.45) is 0. The summed E-state index contributed by atoms with van der Waals surface area (Å²) in [5, 5.41) is 26.6. The molecule has 0 amide bonds. The maximum absolute atomic E-state index is 3.77. The van der Waals surface area contributed by atoms with E-state index in [1.54, 1.807) is 0 Å². The second kappa shape index (κ2) is 2.86. The van der Waals surface area contributed by atoms with E-state index in [-0.39, 0.29) is 0 Å². The van der Waals surface area contributed by atoms with Crippen molar-refractivity contribution in [2.24, 2.45) is 0 Å². The number of rotatable bonds is 2. The molecule has 0 aliphatic rings. The molecule has 58 valence electrons. The number of aromatic amines is 2. The Morgan fingerprint density at radius 1 is 0.909 bits per heavy atom. The quantitative estimate of drug-likeness (QED) is 0.525. The van der Waals surface area contributed by atoms with Crippen LogP contribution in [0.4, 0.5) is 0 Å². The van der Waals surface area contributed by atoms with Gasteiger partial charge in [-0.05, 0) is 0 Å². The number of halogens is 1.